The molecule has 2 rings (SSSR count). The Kier molecular flexibility index (Phi) is 6.55. The maximum Gasteiger partial charge on any atom is 0.238 e. The molecule has 1 saturated heterocycles. The van der Waals surface area contributed by atoms with Gasteiger partial charge in [-0.2, -0.15) is 0 Å². The minimum absolute atomic E-state index is 0.0465. The van der Waals surface area contributed by atoms with Crippen molar-refractivity contribution in [2.45, 2.75) is 19.3 Å². The van der Waals surface area contributed by atoms with E-state index in [0.717, 1.165) is 19.4 Å². The summed E-state index contributed by atoms with van der Waals surface area (Å²) in [5.41, 5.74) is 1.24. The molecule has 126 valence electrons. The third kappa shape index (κ3) is 6.00. The van der Waals surface area contributed by atoms with Crippen molar-refractivity contribution in [3.05, 3.63) is 24.3 Å². The molecule has 1 aromatic rings. The van der Waals surface area contributed by atoms with E-state index in [1.54, 1.807) is 17.0 Å². The lowest BCUT2D eigenvalue weighted by molar-refractivity contribution is -0.118. The highest BCUT2D eigenvalue weighted by atomic mass is 16.5. The first-order chi connectivity index (χ1) is 11.0. The fourth-order valence-corrected chi connectivity index (χ4v) is 2.61. The first-order valence-corrected chi connectivity index (χ1v) is 7.96. The fraction of sp³-hybridized carbons (Fsp3) is 0.529. The number of amides is 2. The first kappa shape index (κ1) is 17.4. The van der Waals surface area contributed by atoms with Crippen LogP contribution < -0.4 is 10.6 Å². The van der Waals surface area contributed by atoms with Crippen molar-refractivity contribution in [3.8, 4) is 0 Å². The summed E-state index contributed by atoms with van der Waals surface area (Å²) in [5.74, 6) is 0.117. The van der Waals surface area contributed by atoms with E-state index in [-0.39, 0.29) is 17.7 Å². The van der Waals surface area contributed by atoms with Gasteiger partial charge in [-0.3, -0.25) is 9.59 Å². The Morgan fingerprint density at radius 3 is 2.39 bits per heavy atom. The Labute approximate surface area is 137 Å². The molecule has 0 aliphatic carbocycles. The normalized spacial score (nSPS) is 17.8. The number of anilines is 2. The number of ether oxygens (including phenoxy) is 1. The highest BCUT2D eigenvalue weighted by molar-refractivity contribution is 6.00. The summed E-state index contributed by atoms with van der Waals surface area (Å²) in [6.07, 6.45) is 2.48. The van der Waals surface area contributed by atoms with Crippen LogP contribution in [0.25, 0.3) is 0 Å². The first-order valence-electron chi connectivity index (χ1n) is 7.96. The highest BCUT2D eigenvalue weighted by Gasteiger charge is 2.18. The van der Waals surface area contributed by atoms with E-state index in [1.807, 2.05) is 26.2 Å². The molecule has 0 radical (unpaired) electrons. The van der Waals surface area contributed by atoms with Gasteiger partial charge in [0.2, 0.25) is 11.8 Å². The van der Waals surface area contributed by atoms with Crippen molar-refractivity contribution in [2.75, 3.05) is 44.5 Å². The van der Waals surface area contributed by atoms with E-state index < -0.39 is 0 Å². The molecule has 0 aromatic heterocycles. The summed E-state index contributed by atoms with van der Waals surface area (Å²) >= 11 is 0. The highest BCUT2D eigenvalue weighted by Crippen LogP contribution is 2.23. The van der Waals surface area contributed by atoms with Crippen molar-refractivity contribution in [1.82, 2.24) is 4.90 Å². The Hall–Kier alpha value is -1.92. The van der Waals surface area contributed by atoms with Crippen LogP contribution in [-0.4, -0.2) is 50.6 Å². The topological polar surface area (TPSA) is 70.7 Å². The molecule has 1 aliphatic rings. The van der Waals surface area contributed by atoms with Gasteiger partial charge >= 0.3 is 0 Å². The average Bonchev–Trinajstić information content (AvgIpc) is 2.49. The zero-order valence-electron chi connectivity index (χ0n) is 13.8. The molecule has 0 bridgehead atoms. The van der Waals surface area contributed by atoms with Crippen LogP contribution in [-0.2, 0) is 14.3 Å². The number of carbonyl (C=O) groups excluding carboxylic acids is 2. The van der Waals surface area contributed by atoms with Crippen LogP contribution in [0.4, 0.5) is 11.4 Å². The van der Waals surface area contributed by atoms with E-state index >= 15 is 0 Å². The molecular formula is C17H25N3O3. The maximum atomic E-state index is 12.2. The molecule has 1 aromatic carbocycles. The number of likely N-dealkylation sites (N-methyl/N-ethyl adjacent to an activating group) is 1. The standard InChI is InChI=1S/C17H25N3O3/c1-20(2)11-17(22)19-15-8-4-3-7-14(15)18-16(21)10-13-6-5-9-23-12-13/h3-4,7-8,13H,5-6,9-12H2,1-2H3,(H,18,21)(H,19,22). The largest absolute Gasteiger partial charge is 0.381 e. The smallest absolute Gasteiger partial charge is 0.238 e. The molecule has 0 spiro atoms. The number of nitrogens with zero attached hydrogens (tertiary/aromatic N) is 1. The van der Waals surface area contributed by atoms with Crippen molar-refractivity contribution < 1.29 is 14.3 Å². The monoisotopic (exact) mass is 319 g/mol. The second-order valence-corrected chi connectivity index (χ2v) is 6.17. The molecule has 1 aliphatic heterocycles. The maximum absolute atomic E-state index is 12.2. The number of para-hydroxylation sites is 2. The van der Waals surface area contributed by atoms with E-state index in [4.69, 9.17) is 4.74 Å². The van der Waals surface area contributed by atoms with E-state index in [1.165, 1.54) is 0 Å². The van der Waals surface area contributed by atoms with Gasteiger partial charge in [0.25, 0.3) is 0 Å². The van der Waals surface area contributed by atoms with Gasteiger partial charge in [0.15, 0.2) is 0 Å². The van der Waals surface area contributed by atoms with Crippen LogP contribution in [0.1, 0.15) is 19.3 Å². The van der Waals surface area contributed by atoms with E-state index in [2.05, 4.69) is 10.6 Å². The van der Waals surface area contributed by atoms with Crippen LogP contribution in [0.15, 0.2) is 24.3 Å². The number of benzene rings is 1. The summed E-state index contributed by atoms with van der Waals surface area (Å²) in [6, 6.07) is 7.24. The Morgan fingerprint density at radius 1 is 1.17 bits per heavy atom. The van der Waals surface area contributed by atoms with Crippen molar-refractivity contribution >= 4 is 23.2 Å². The van der Waals surface area contributed by atoms with E-state index in [0.29, 0.717) is 30.9 Å². The predicted octanol–water partition coefficient (Wildman–Crippen LogP) is 1.94. The summed E-state index contributed by atoms with van der Waals surface area (Å²) < 4.78 is 5.40. The molecule has 23 heavy (non-hydrogen) atoms. The van der Waals surface area contributed by atoms with Crippen LogP contribution in [0.2, 0.25) is 0 Å². The van der Waals surface area contributed by atoms with Crippen LogP contribution >= 0.6 is 0 Å². The second-order valence-electron chi connectivity index (χ2n) is 6.17. The predicted molar refractivity (Wildman–Crippen MR) is 90.4 cm³/mol. The summed E-state index contributed by atoms with van der Waals surface area (Å²) in [7, 11) is 3.67. The minimum atomic E-state index is -0.114. The zero-order valence-corrected chi connectivity index (χ0v) is 13.8. The van der Waals surface area contributed by atoms with Crippen molar-refractivity contribution in [1.29, 1.82) is 0 Å². The molecule has 1 heterocycles. The molecular weight excluding hydrogens is 294 g/mol. The molecule has 1 atom stereocenters. The molecule has 2 N–H and O–H groups in total. The molecule has 6 nitrogen and oxygen atoms in total. The molecule has 0 saturated carbocycles. The van der Waals surface area contributed by atoms with Gasteiger partial charge in [-0.05, 0) is 45.0 Å². The fourth-order valence-electron chi connectivity index (χ4n) is 2.61. The average molecular weight is 319 g/mol. The molecule has 2 amide bonds. The lowest BCUT2D eigenvalue weighted by atomic mass is 9.98. The van der Waals surface area contributed by atoms with Crippen LogP contribution in [0.3, 0.4) is 0 Å². The lowest BCUT2D eigenvalue weighted by Gasteiger charge is -2.21. The van der Waals surface area contributed by atoms with Gasteiger partial charge in [-0.25, -0.2) is 0 Å². The van der Waals surface area contributed by atoms with Gasteiger partial charge in [-0.1, -0.05) is 12.1 Å². The number of rotatable bonds is 6. The third-order valence-corrected chi connectivity index (χ3v) is 3.66. The van der Waals surface area contributed by atoms with Crippen LogP contribution in [0, 0.1) is 5.92 Å². The number of nitrogens with one attached hydrogen (secondary N) is 2. The molecule has 1 unspecified atom stereocenters. The Balaban J connectivity index is 1.93. The van der Waals surface area contributed by atoms with Gasteiger partial charge in [0, 0.05) is 19.6 Å². The quantitative estimate of drug-likeness (QED) is 0.841. The minimum Gasteiger partial charge on any atom is -0.381 e. The number of hydrogen-bond donors (Lipinski definition) is 2. The van der Waals surface area contributed by atoms with Gasteiger partial charge < -0.3 is 20.3 Å². The van der Waals surface area contributed by atoms with Crippen molar-refractivity contribution in [3.63, 3.8) is 0 Å². The number of hydrogen-bond acceptors (Lipinski definition) is 4. The Morgan fingerprint density at radius 2 is 1.83 bits per heavy atom. The summed E-state index contributed by atoms with van der Waals surface area (Å²) in [5, 5.41) is 5.72. The SMILES string of the molecule is CN(C)CC(=O)Nc1ccccc1NC(=O)CC1CCCOC1. The van der Waals surface area contributed by atoms with Gasteiger partial charge in [0.05, 0.1) is 17.9 Å². The van der Waals surface area contributed by atoms with Gasteiger partial charge in [0.1, 0.15) is 0 Å². The summed E-state index contributed by atoms with van der Waals surface area (Å²) in [4.78, 5) is 25.9. The third-order valence-electron chi connectivity index (χ3n) is 3.66. The van der Waals surface area contributed by atoms with Gasteiger partial charge in [-0.15, -0.1) is 0 Å². The van der Waals surface area contributed by atoms with Crippen molar-refractivity contribution in [2.24, 2.45) is 5.92 Å². The number of carbonyl (C=O) groups is 2. The summed E-state index contributed by atoms with van der Waals surface area (Å²) in [6.45, 7) is 1.73. The van der Waals surface area contributed by atoms with E-state index in [9.17, 15) is 9.59 Å². The molecule has 6 heteroatoms. The second kappa shape index (κ2) is 8.64. The molecule has 1 fully saturated rings. The Bertz CT molecular complexity index is 540. The van der Waals surface area contributed by atoms with Crippen LogP contribution in [0.5, 0.6) is 0 Å². The lowest BCUT2D eigenvalue weighted by Crippen LogP contribution is -2.28. The zero-order chi connectivity index (χ0) is 16.7.